The fraction of sp³-hybridized carbons (Fsp3) is 0.500. The van der Waals surface area contributed by atoms with Crippen LogP contribution in [0.4, 0.5) is 0 Å². The van der Waals surface area contributed by atoms with Gasteiger partial charge < -0.3 is 0 Å². The molecule has 4 heteroatoms. The van der Waals surface area contributed by atoms with E-state index in [9.17, 15) is 0 Å². The lowest BCUT2D eigenvalue weighted by Gasteiger charge is -2.06. The summed E-state index contributed by atoms with van der Waals surface area (Å²) in [6.45, 7) is 10.1. The number of aromatic nitrogens is 4. The maximum Gasteiger partial charge on any atom is 0.114 e. The maximum absolute atomic E-state index is 4.30. The molecule has 2 rings (SSSR count). The van der Waals surface area contributed by atoms with E-state index in [-0.39, 0.29) is 0 Å². The molecule has 16 heavy (non-hydrogen) atoms. The topological polar surface area (TPSA) is 51.6 Å². The van der Waals surface area contributed by atoms with Crippen molar-refractivity contribution in [1.29, 1.82) is 0 Å². The van der Waals surface area contributed by atoms with Crippen LogP contribution in [0.5, 0.6) is 0 Å². The average molecular weight is 218 g/mol. The van der Waals surface area contributed by atoms with Gasteiger partial charge in [-0.1, -0.05) is 27.7 Å². The molecule has 0 amide bonds. The SMILES string of the molecule is CC.Cc1nnc(C(C)C)c2nccnc12. The second-order valence-electron chi connectivity index (χ2n) is 3.58. The molecule has 0 saturated heterocycles. The van der Waals surface area contributed by atoms with E-state index in [1.54, 1.807) is 12.4 Å². The standard InChI is InChI=1S/C10H12N4.C2H6/c1-6(2)8-10-9(7(3)13-14-8)11-4-5-12-10;1-2/h4-6H,1-3H3;1-2H3. The van der Waals surface area contributed by atoms with Gasteiger partial charge in [0.2, 0.25) is 0 Å². The molecule has 0 atom stereocenters. The van der Waals surface area contributed by atoms with Crippen LogP contribution in [0, 0.1) is 6.92 Å². The summed E-state index contributed by atoms with van der Waals surface area (Å²) in [7, 11) is 0. The van der Waals surface area contributed by atoms with Gasteiger partial charge >= 0.3 is 0 Å². The molecule has 0 unspecified atom stereocenters. The third-order valence-electron chi connectivity index (χ3n) is 2.14. The van der Waals surface area contributed by atoms with Gasteiger partial charge in [-0.25, -0.2) is 0 Å². The van der Waals surface area contributed by atoms with Gasteiger partial charge in [-0.3, -0.25) is 9.97 Å². The highest BCUT2D eigenvalue weighted by atomic mass is 15.1. The Morgan fingerprint density at radius 3 is 2.06 bits per heavy atom. The second kappa shape index (κ2) is 5.49. The molecular weight excluding hydrogens is 200 g/mol. The summed E-state index contributed by atoms with van der Waals surface area (Å²) in [5.41, 5.74) is 3.47. The summed E-state index contributed by atoms with van der Waals surface area (Å²) in [6, 6.07) is 0. The molecule has 2 aromatic heterocycles. The van der Waals surface area contributed by atoms with Gasteiger partial charge in [-0.2, -0.15) is 10.2 Å². The summed E-state index contributed by atoms with van der Waals surface area (Å²) >= 11 is 0. The van der Waals surface area contributed by atoms with Crippen LogP contribution >= 0.6 is 0 Å². The zero-order chi connectivity index (χ0) is 12.1. The van der Waals surface area contributed by atoms with E-state index in [4.69, 9.17) is 0 Å². The van der Waals surface area contributed by atoms with E-state index in [0.717, 1.165) is 22.4 Å². The number of aryl methyl sites for hydroxylation is 1. The third kappa shape index (κ3) is 2.32. The summed E-state index contributed by atoms with van der Waals surface area (Å²) in [5, 5.41) is 8.23. The third-order valence-corrected chi connectivity index (χ3v) is 2.14. The predicted octanol–water partition coefficient (Wildman–Crippen LogP) is 2.88. The van der Waals surface area contributed by atoms with Crippen molar-refractivity contribution in [2.45, 2.75) is 40.5 Å². The van der Waals surface area contributed by atoms with Crippen LogP contribution in [-0.2, 0) is 0 Å². The number of fused-ring (bicyclic) bond motifs is 1. The molecule has 4 nitrogen and oxygen atoms in total. The molecule has 0 aliphatic carbocycles. The first-order valence-corrected chi connectivity index (χ1v) is 5.64. The van der Waals surface area contributed by atoms with Crippen molar-refractivity contribution in [1.82, 2.24) is 20.2 Å². The lowest BCUT2D eigenvalue weighted by atomic mass is 10.1. The van der Waals surface area contributed by atoms with E-state index in [1.165, 1.54) is 0 Å². The first kappa shape index (κ1) is 12.5. The Morgan fingerprint density at radius 1 is 0.938 bits per heavy atom. The molecule has 0 aliphatic heterocycles. The van der Waals surface area contributed by atoms with Crippen LogP contribution in [0.1, 0.15) is 45.0 Å². The predicted molar refractivity (Wildman–Crippen MR) is 65.3 cm³/mol. The number of hydrogen-bond donors (Lipinski definition) is 0. The maximum atomic E-state index is 4.30. The van der Waals surface area contributed by atoms with Crippen LogP contribution < -0.4 is 0 Å². The van der Waals surface area contributed by atoms with Gasteiger partial charge in [0.25, 0.3) is 0 Å². The Balaban J connectivity index is 0.000000606. The minimum Gasteiger partial charge on any atom is -0.251 e. The number of nitrogens with zero attached hydrogens (tertiary/aromatic N) is 4. The minimum absolute atomic E-state index is 0.322. The van der Waals surface area contributed by atoms with E-state index in [0.29, 0.717) is 5.92 Å². The summed E-state index contributed by atoms with van der Waals surface area (Å²) in [6.07, 6.45) is 3.37. The van der Waals surface area contributed by atoms with E-state index in [2.05, 4.69) is 34.0 Å². The van der Waals surface area contributed by atoms with E-state index in [1.807, 2.05) is 20.8 Å². The normalized spacial score (nSPS) is 10.1. The summed E-state index contributed by atoms with van der Waals surface area (Å²) in [5.74, 6) is 0.322. The zero-order valence-corrected chi connectivity index (χ0v) is 10.5. The molecule has 0 radical (unpaired) electrons. The molecule has 0 aromatic carbocycles. The van der Waals surface area contributed by atoms with Crippen molar-refractivity contribution in [3.05, 3.63) is 23.8 Å². The molecule has 2 aromatic rings. The summed E-state index contributed by atoms with van der Waals surface area (Å²) < 4.78 is 0. The monoisotopic (exact) mass is 218 g/mol. The van der Waals surface area contributed by atoms with Gasteiger partial charge in [0.15, 0.2) is 0 Å². The van der Waals surface area contributed by atoms with Crippen molar-refractivity contribution in [2.24, 2.45) is 0 Å². The van der Waals surface area contributed by atoms with Crippen LogP contribution in [0.15, 0.2) is 12.4 Å². The molecule has 0 spiro atoms. The van der Waals surface area contributed by atoms with Crippen LogP contribution in [0.3, 0.4) is 0 Å². The Labute approximate surface area is 96.2 Å². The van der Waals surface area contributed by atoms with Gasteiger partial charge in [-0.05, 0) is 12.8 Å². The largest absolute Gasteiger partial charge is 0.251 e. The lowest BCUT2D eigenvalue weighted by Crippen LogP contribution is -2.01. The molecular formula is C12H18N4. The van der Waals surface area contributed by atoms with Gasteiger partial charge in [-0.15, -0.1) is 0 Å². The first-order valence-electron chi connectivity index (χ1n) is 5.64. The smallest absolute Gasteiger partial charge is 0.114 e. The Bertz CT molecular complexity index is 466. The van der Waals surface area contributed by atoms with Crippen LogP contribution in [-0.4, -0.2) is 20.2 Å². The Kier molecular flexibility index (Phi) is 4.28. The molecule has 0 bridgehead atoms. The van der Waals surface area contributed by atoms with Gasteiger partial charge in [0.05, 0.1) is 11.4 Å². The average Bonchev–Trinajstić information content (AvgIpc) is 2.32. The Morgan fingerprint density at radius 2 is 1.50 bits per heavy atom. The van der Waals surface area contributed by atoms with Crippen LogP contribution in [0.25, 0.3) is 11.0 Å². The molecule has 2 heterocycles. The first-order chi connectivity index (χ1) is 7.70. The van der Waals surface area contributed by atoms with Gasteiger partial charge in [0.1, 0.15) is 11.0 Å². The second-order valence-corrected chi connectivity index (χ2v) is 3.58. The van der Waals surface area contributed by atoms with Crippen molar-refractivity contribution in [3.8, 4) is 0 Å². The zero-order valence-electron chi connectivity index (χ0n) is 10.5. The molecule has 86 valence electrons. The molecule has 0 aliphatic rings. The molecule has 0 N–H and O–H groups in total. The summed E-state index contributed by atoms with van der Waals surface area (Å²) in [4.78, 5) is 8.56. The Hall–Kier alpha value is -1.58. The van der Waals surface area contributed by atoms with E-state index < -0.39 is 0 Å². The van der Waals surface area contributed by atoms with Crippen LogP contribution in [0.2, 0.25) is 0 Å². The molecule has 0 saturated carbocycles. The fourth-order valence-electron chi connectivity index (χ4n) is 1.40. The van der Waals surface area contributed by atoms with Crippen molar-refractivity contribution >= 4 is 11.0 Å². The van der Waals surface area contributed by atoms with Crippen molar-refractivity contribution < 1.29 is 0 Å². The van der Waals surface area contributed by atoms with Crippen molar-refractivity contribution in [2.75, 3.05) is 0 Å². The fourth-order valence-corrected chi connectivity index (χ4v) is 1.40. The van der Waals surface area contributed by atoms with Gasteiger partial charge in [0, 0.05) is 12.4 Å². The minimum atomic E-state index is 0.322. The molecule has 0 fully saturated rings. The highest BCUT2D eigenvalue weighted by Crippen LogP contribution is 2.20. The highest BCUT2D eigenvalue weighted by Gasteiger charge is 2.11. The quantitative estimate of drug-likeness (QED) is 0.738. The van der Waals surface area contributed by atoms with Crippen molar-refractivity contribution in [3.63, 3.8) is 0 Å². The van der Waals surface area contributed by atoms with E-state index >= 15 is 0 Å². The number of rotatable bonds is 1. The highest BCUT2D eigenvalue weighted by molar-refractivity contribution is 5.78. The number of hydrogen-bond acceptors (Lipinski definition) is 4. The lowest BCUT2D eigenvalue weighted by molar-refractivity contribution is 0.786.